The van der Waals surface area contributed by atoms with Gasteiger partial charge in [-0.05, 0) is 62.8 Å². The van der Waals surface area contributed by atoms with Crippen molar-refractivity contribution in [3.63, 3.8) is 0 Å². The fourth-order valence-electron chi connectivity index (χ4n) is 3.83. The van der Waals surface area contributed by atoms with E-state index in [1.807, 2.05) is 0 Å². The van der Waals surface area contributed by atoms with E-state index in [1.54, 1.807) is 0 Å². The van der Waals surface area contributed by atoms with Crippen molar-refractivity contribution in [2.45, 2.75) is 75.5 Å². The molecule has 0 bridgehead atoms. The van der Waals surface area contributed by atoms with Gasteiger partial charge in [0.15, 0.2) is 5.96 Å². The van der Waals surface area contributed by atoms with Gasteiger partial charge in [0.2, 0.25) is 17.7 Å². The van der Waals surface area contributed by atoms with Crippen molar-refractivity contribution in [3.8, 4) is 5.75 Å². The van der Waals surface area contributed by atoms with Crippen LogP contribution in [0.25, 0.3) is 0 Å². The maximum absolute atomic E-state index is 13.4. The maximum Gasteiger partial charge on any atom is 0.326 e. The zero-order valence-electron chi connectivity index (χ0n) is 23.3. The van der Waals surface area contributed by atoms with Gasteiger partial charge < -0.3 is 54.2 Å². The second-order valence-electron chi connectivity index (χ2n) is 9.66. The topological polar surface area (TPSA) is 299 Å². The SMILES string of the molecule is NCCCC[C@H](NC(=O)[C@H](Cc1ccc(O)cc1)NC(=O)[C@@H](N)CCC(=O)O)C(=O)N[C@@H](CCCN=C(N)N)C(=O)O. The molecule has 1 aromatic carbocycles. The maximum atomic E-state index is 13.4. The van der Waals surface area contributed by atoms with E-state index >= 15 is 0 Å². The molecule has 3 amide bonds. The number of carbonyl (C=O) groups is 5. The van der Waals surface area contributed by atoms with Gasteiger partial charge in [0, 0.05) is 19.4 Å². The number of benzene rings is 1. The summed E-state index contributed by atoms with van der Waals surface area (Å²) in [6.45, 7) is 0.491. The Morgan fingerprint density at radius 1 is 0.786 bits per heavy atom. The van der Waals surface area contributed by atoms with Crippen LogP contribution >= 0.6 is 0 Å². The number of phenolic OH excluding ortho intramolecular Hbond substituents is 1. The van der Waals surface area contributed by atoms with Gasteiger partial charge >= 0.3 is 11.9 Å². The number of unbranched alkanes of at least 4 members (excludes halogenated alkanes) is 1. The second kappa shape index (κ2) is 18.8. The molecule has 0 fully saturated rings. The van der Waals surface area contributed by atoms with Gasteiger partial charge in [-0.1, -0.05) is 12.1 Å². The normalized spacial score (nSPS) is 13.6. The number of carboxylic acids is 2. The molecule has 234 valence electrons. The predicted octanol–water partition coefficient (Wildman–Crippen LogP) is -2.15. The smallest absolute Gasteiger partial charge is 0.326 e. The summed E-state index contributed by atoms with van der Waals surface area (Å²) in [4.78, 5) is 65.7. The number of aromatic hydroxyl groups is 1. The number of aliphatic carboxylic acids is 2. The van der Waals surface area contributed by atoms with Gasteiger partial charge in [-0.3, -0.25) is 24.2 Å². The van der Waals surface area contributed by atoms with Gasteiger partial charge in [0.1, 0.15) is 23.9 Å². The number of nitrogens with one attached hydrogen (secondary N) is 3. The molecule has 0 aliphatic rings. The number of hydrogen-bond donors (Lipinski definition) is 10. The van der Waals surface area contributed by atoms with Gasteiger partial charge in [0.25, 0.3) is 0 Å². The zero-order valence-corrected chi connectivity index (χ0v) is 23.3. The molecule has 42 heavy (non-hydrogen) atoms. The summed E-state index contributed by atoms with van der Waals surface area (Å²) in [5.74, 6) is -4.86. The molecule has 0 radical (unpaired) electrons. The quantitative estimate of drug-likeness (QED) is 0.0439. The minimum Gasteiger partial charge on any atom is -0.508 e. The van der Waals surface area contributed by atoms with E-state index in [2.05, 4.69) is 20.9 Å². The molecule has 4 atom stereocenters. The summed E-state index contributed by atoms with van der Waals surface area (Å²) in [5, 5.41) is 35.6. The molecule has 0 spiro atoms. The third-order valence-electron chi connectivity index (χ3n) is 6.15. The molecule has 0 heterocycles. The van der Waals surface area contributed by atoms with Crippen molar-refractivity contribution in [1.29, 1.82) is 0 Å². The van der Waals surface area contributed by atoms with Crippen LogP contribution in [0.2, 0.25) is 0 Å². The Balaban J connectivity index is 3.11. The third kappa shape index (κ3) is 14.3. The van der Waals surface area contributed by atoms with Crippen LogP contribution in [0.5, 0.6) is 5.75 Å². The molecular weight excluding hydrogens is 552 g/mol. The molecule has 0 aliphatic carbocycles. The Kier molecular flexibility index (Phi) is 15.9. The summed E-state index contributed by atoms with van der Waals surface area (Å²) >= 11 is 0. The van der Waals surface area contributed by atoms with Crippen LogP contribution in [0.15, 0.2) is 29.3 Å². The average molecular weight is 595 g/mol. The molecule has 0 unspecified atom stereocenters. The first-order valence-electron chi connectivity index (χ1n) is 13.5. The number of aliphatic imine (C=N–C) groups is 1. The minimum atomic E-state index is -1.28. The minimum absolute atomic E-state index is 0.0117. The van der Waals surface area contributed by atoms with Crippen LogP contribution in [0.3, 0.4) is 0 Å². The van der Waals surface area contributed by atoms with Gasteiger partial charge in [-0.2, -0.15) is 0 Å². The van der Waals surface area contributed by atoms with Crippen LogP contribution in [0, 0.1) is 0 Å². The lowest BCUT2D eigenvalue weighted by atomic mass is 10.0. The number of guanidine groups is 1. The summed E-state index contributed by atoms with van der Waals surface area (Å²) in [5.41, 5.74) is 22.5. The van der Waals surface area contributed by atoms with Crippen molar-refractivity contribution < 1.29 is 39.3 Å². The summed E-state index contributed by atoms with van der Waals surface area (Å²) < 4.78 is 0. The van der Waals surface area contributed by atoms with Crippen LogP contribution in [0.1, 0.15) is 50.5 Å². The first-order valence-corrected chi connectivity index (χ1v) is 13.5. The fraction of sp³-hybridized carbons (Fsp3) is 0.538. The number of carbonyl (C=O) groups excluding carboxylic acids is 3. The monoisotopic (exact) mass is 594 g/mol. The van der Waals surface area contributed by atoms with Crippen LogP contribution in [-0.2, 0) is 30.4 Å². The highest BCUT2D eigenvalue weighted by Crippen LogP contribution is 2.13. The lowest BCUT2D eigenvalue weighted by molar-refractivity contribution is -0.142. The lowest BCUT2D eigenvalue weighted by Gasteiger charge is -2.25. The summed E-state index contributed by atoms with van der Waals surface area (Å²) in [6, 6.07) is 0.978. The zero-order chi connectivity index (χ0) is 31.7. The Morgan fingerprint density at radius 3 is 1.93 bits per heavy atom. The van der Waals surface area contributed by atoms with Crippen molar-refractivity contribution in [2.75, 3.05) is 13.1 Å². The molecule has 16 nitrogen and oxygen atoms in total. The molecule has 0 saturated carbocycles. The van der Waals surface area contributed by atoms with E-state index in [1.165, 1.54) is 24.3 Å². The van der Waals surface area contributed by atoms with Crippen molar-refractivity contribution >= 4 is 35.6 Å². The first kappa shape index (κ1) is 35.6. The molecule has 0 aliphatic heterocycles. The average Bonchev–Trinajstić information content (AvgIpc) is 2.93. The number of carboxylic acid groups (broad SMARTS) is 2. The molecular formula is C26H42N8O8. The van der Waals surface area contributed by atoms with Gasteiger partial charge in [-0.25, -0.2) is 4.79 Å². The predicted molar refractivity (Wildman–Crippen MR) is 153 cm³/mol. The first-order chi connectivity index (χ1) is 19.8. The molecule has 0 saturated heterocycles. The molecule has 1 rings (SSSR count). The van der Waals surface area contributed by atoms with Crippen molar-refractivity contribution in [3.05, 3.63) is 29.8 Å². The van der Waals surface area contributed by atoms with E-state index in [9.17, 15) is 34.2 Å². The molecule has 0 aromatic heterocycles. The standard InChI is InChI=1S/C26H42N8O8/c27-12-2-1-4-18(23(39)33-19(25(41)42)5-3-13-31-26(29)30)32-24(40)20(14-15-6-8-16(35)9-7-15)34-22(38)17(28)10-11-21(36)37/h6-9,17-20,35H,1-5,10-14,27-28H2,(H,32,40)(H,33,39)(H,34,38)(H,36,37)(H,41,42)(H4,29,30,31)/t17-,18-,19-,20-/m0/s1. The van der Waals surface area contributed by atoms with E-state index < -0.39 is 53.8 Å². The fourth-order valence-corrected chi connectivity index (χ4v) is 3.83. The molecule has 14 N–H and O–H groups in total. The van der Waals surface area contributed by atoms with E-state index in [4.69, 9.17) is 28.0 Å². The van der Waals surface area contributed by atoms with Gasteiger partial charge in [-0.15, -0.1) is 0 Å². The van der Waals surface area contributed by atoms with E-state index in [0.717, 1.165) is 0 Å². The third-order valence-corrected chi connectivity index (χ3v) is 6.15. The summed E-state index contributed by atoms with van der Waals surface area (Å²) in [6.07, 6.45) is 0.814. The molecule has 16 heteroatoms. The van der Waals surface area contributed by atoms with Crippen LogP contribution in [0.4, 0.5) is 0 Å². The lowest BCUT2D eigenvalue weighted by Crippen LogP contribution is -2.57. The largest absolute Gasteiger partial charge is 0.508 e. The highest BCUT2D eigenvalue weighted by Gasteiger charge is 2.30. The Morgan fingerprint density at radius 2 is 1.36 bits per heavy atom. The van der Waals surface area contributed by atoms with Crippen molar-refractivity contribution in [1.82, 2.24) is 16.0 Å². The van der Waals surface area contributed by atoms with Gasteiger partial charge in [0.05, 0.1) is 6.04 Å². The Bertz CT molecular complexity index is 1080. The van der Waals surface area contributed by atoms with Crippen molar-refractivity contribution in [2.24, 2.45) is 27.9 Å². The van der Waals surface area contributed by atoms with E-state index in [-0.39, 0.29) is 56.8 Å². The summed E-state index contributed by atoms with van der Waals surface area (Å²) in [7, 11) is 0. The number of rotatable bonds is 20. The number of hydrogen-bond acceptors (Lipinski definition) is 9. The number of nitrogens with two attached hydrogens (primary N) is 4. The van der Waals surface area contributed by atoms with Crippen LogP contribution < -0.4 is 38.9 Å². The van der Waals surface area contributed by atoms with E-state index in [0.29, 0.717) is 24.9 Å². The number of amides is 3. The Hall–Kier alpha value is -4.44. The molecule has 1 aromatic rings. The number of nitrogens with zero attached hydrogens (tertiary/aromatic N) is 1. The number of phenols is 1. The highest BCUT2D eigenvalue weighted by molar-refractivity contribution is 5.94. The second-order valence-corrected chi connectivity index (χ2v) is 9.66. The highest BCUT2D eigenvalue weighted by atomic mass is 16.4. The van der Waals surface area contributed by atoms with Crippen LogP contribution in [-0.4, -0.2) is 88.2 Å². The Labute approximate surface area is 243 Å².